The molecule has 112 valence electrons. The summed E-state index contributed by atoms with van der Waals surface area (Å²) < 4.78 is 5.53. The standard InChI is InChI=1S/C14H19ClN2O2.ClH/c1-10-7-12(3-4-13(10)15)19-9-14(18)17-6-5-16-8-11(17)2;/h3-4,7,11,16H,5-6,8-9H2,1-2H3;1H. The Labute approximate surface area is 130 Å². The van der Waals surface area contributed by atoms with E-state index in [1.54, 1.807) is 12.1 Å². The van der Waals surface area contributed by atoms with Crippen LogP contribution in [0.2, 0.25) is 5.02 Å². The molecule has 1 aliphatic rings. The Morgan fingerprint density at radius 1 is 1.55 bits per heavy atom. The molecule has 1 N–H and O–H groups in total. The zero-order valence-electron chi connectivity index (χ0n) is 11.7. The smallest absolute Gasteiger partial charge is 0.260 e. The van der Waals surface area contributed by atoms with Crippen LogP contribution in [0, 0.1) is 6.92 Å². The van der Waals surface area contributed by atoms with Gasteiger partial charge in [0.2, 0.25) is 0 Å². The third-order valence-corrected chi connectivity index (χ3v) is 3.74. The number of nitrogens with one attached hydrogen (secondary N) is 1. The van der Waals surface area contributed by atoms with Gasteiger partial charge in [-0.2, -0.15) is 0 Å². The van der Waals surface area contributed by atoms with E-state index in [1.165, 1.54) is 0 Å². The molecule has 0 saturated carbocycles. The van der Waals surface area contributed by atoms with E-state index in [-0.39, 0.29) is 31.0 Å². The summed E-state index contributed by atoms with van der Waals surface area (Å²) in [5.41, 5.74) is 0.946. The Morgan fingerprint density at radius 3 is 2.95 bits per heavy atom. The molecule has 2 rings (SSSR count). The fourth-order valence-corrected chi connectivity index (χ4v) is 2.26. The summed E-state index contributed by atoms with van der Waals surface area (Å²) in [6.45, 7) is 6.45. The van der Waals surface area contributed by atoms with Gasteiger partial charge in [0.1, 0.15) is 5.75 Å². The Balaban J connectivity index is 0.00000200. The van der Waals surface area contributed by atoms with Gasteiger partial charge in [-0.05, 0) is 37.6 Å². The topological polar surface area (TPSA) is 41.6 Å². The van der Waals surface area contributed by atoms with E-state index < -0.39 is 0 Å². The maximum absolute atomic E-state index is 12.1. The number of aryl methyl sites for hydroxylation is 1. The first-order chi connectivity index (χ1) is 9.08. The van der Waals surface area contributed by atoms with Crippen LogP contribution in [0.3, 0.4) is 0 Å². The summed E-state index contributed by atoms with van der Waals surface area (Å²) in [5, 5.41) is 3.96. The van der Waals surface area contributed by atoms with Crippen LogP contribution in [0.4, 0.5) is 0 Å². The van der Waals surface area contributed by atoms with Crippen molar-refractivity contribution in [1.29, 1.82) is 0 Å². The molecule has 1 amide bonds. The van der Waals surface area contributed by atoms with Crippen molar-refractivity contribution in [2.24, 2.45) is 0 Å². The van der Waals surface area contributed by atoms with Gasteiger partial charge in [0, 0.05) is 30.7 Å². The van der Waals surface area contributed by atoms with Crippen LogP contribution in [0.15, 0.2) is 18.2 Å². The van der Waals surface area contributed by atoms with E-state index >= 15 is 0 Å². The molecule has 0 aromatic heterocycles. The number of ether oxygens (including phenoxy) is 1. The quantitative estimate of drug-likeness (QED) is 0.929. The molecule has 1 heterocycles. The molecule has 4 nitrogen and oxygen atoms in total. The van der Waals surface area contributed by atoms with Gasteiger partial charge in [-0.3, -0.25) is 4.79 Å². The third kappa shape index (κ3) is 4.27. The number of carbonyl (C=O) groups is 1. The van der Waals surface area contributed by atoms with Crippen molar-refractivity contribution in [1.82, 2.24) is 10.2 Å². The molecule has 0 radical (unpaired) electrons. The second kappa shape index (κ2) is 7.72. The van der Waals surface area contributed by atoms with Gasteiger partial charge in [0.15, 0.2) is 6.61 Å². The van der Waals surface area contributed by atoms with Crippen LogP contribution in [-0.4, -0.2) is 43.1 Å². The highest BCUT2D eigenvalue weighted by Crippen LogP contribution is 2.21. The van der Waals surface area contributed by atoms with Crippen LogP contribution < -0.4 is 10.1 Å². The number of halogens is 2. The van der Waals surface area contributed by atoms with E-state index in [2.05, 4.69) is 5.32 Å². The van der Waals surface area contributed by atoms with Gasteiger partial charge < -0.3 is 15.0 Å². The Hall–Kier alpha value is -0.970. The SMILES string of the molecule is Cc1cc(OCC(=O)N2CCNCC2C)ccc1Cl.Cl. The molecule has 1 fully saturated rings. The molecule has 6 heteroatoms. The monoisotopic (exact) mass is 318 g/mol. The van der Waals surface area contributed by atoms with E-state index in [0.717, 1.165) is 25.2 Å². The van der Waals surface area contributed by atoms with Crippen molar-refractivity contribution >= 4 is 29.9 Å². The molecule has 1 unspecified atom stereocenters. The summed E-state index contributed by atoms with van der Waals surface area (Å²) in [4.78, 5) is 13.9. The molecule has 1 aromatic rings. The van der Waals surface area contributed by atoms with Gasteiger partial charge in [-0.15, -0.1) is 12.4 Å². The minimum Gasteiger partial charge on any atom is -0.484 e. The van der Waals surface area contributed by atoms with Gasteiger partial charge in [-0.1, -0.05) is 11.6 Å². The summed E-state index contributed by atoms with van der Waals surface area (Å²) in [6, 6.07) is 5.63. The highest BCUT2D eigenvalue weighted by molar-refractivity contribution is 6.31. The normalized spacial score (nSPS) is 18.4. The largest absolute Gasteiger partial charge is 0.484 e. The zero-order chi connectivity index (χ0) is 13.8. The van der Waals surface area contributed by atoms with Crippen LogP contribution >= 0.6 is 24.0 Å². The Morgan fingerprint density at radius 2 is 2.30 bits per heavy atom. The average Bonchev–Trinajstić information content (AvgIpc) is 2.40. The van der Waals surface area contributed by atoms with E-state index in [0.29, 0.717) is 10.8 Å². The second-order valence-electron chi connectivity index (χ2n) is 4.84. The van der Waals surface area contributed by atoms with Crippen LogP contribution in [0.1, 0.15) is 12.5 Å². The number of amides is 1. The molecule has 1 aromatic carbocycles. The van der Waals surface area contributed by atoms with Gasteiger partial charge in [0.25, 0.3) is 5.91 Å². The lowest BCUT2D eigenvalue weighted by atomic mass is 10.2. The molecule has 0 bridgehead atoms. The molecular formula is C14H20Cl2N2O2. The minimum atomic E-state index is 0. The fourth-order valence-electron chi connectivity index (χ4n) is 2.15. The Bertz CT molecular complexity index is 468. The number of carbonyl (C=O) groups excluding carboxylic acids is 1. The van der Waals surface area contributed by atoms with Crippen molar-refractivity contribution in [2.75, 3.05) is 26.2 Å². The molecule has 20 heavy (non-hydrogen) atoms. The fraction of sp³-hybridized carbons (Fsp3) is 0.500. The van der Waals surface area contributed by atoms with Crippen molar-refractivity contribution in [2.45, 2.75) is 19.9 Å². The maximum Gasteiger partial charge on any atom is 0.260 e. The predicted octanol–water partition coefficient (Wildman–Crippen LogP) is 2.27. The summed E-state index contributed by atoms with van der Waals surface area (Å²) >= 11 is 5.95. The van der Waals surface area contributed by atoms with Gasteiger partial charge in [-0.25, -0.2) is 0 Å². The molecule has 0 spiro atoms. The number of piperazine rings is 1. The van der Waals surface area contributed by atoms with Crippen LogP contribution in [0.25, 0.3) is 0 Å². The lowest BCUT2D eigenvalue weighted by Crippen LogP contribution is -2.53. The number of hydrogen-bond acceptors (Lipinski definition) is 3. The van der Waals surface area contributed by atoms with Gasteiger partial charge in [0.05, 0.1) is 0 Å². The van der Waals surface area contributed by atoms with Crippen molar-refractivity contribution < 1.29 is 9.53 Å². The Kier molecular flexibility index (Phi) is 6.59. The van der Waals surface area contributed by atoms with E-state index in [1.807, 2.05) is 24.8 Å². The van der Waals surface area contributed by atoms with Gasteiger partial charge >= 0.3 is 0 Å². The van der Waals surface area contributed by atoms with Crippen LogP contribution in [-0.2, 0) is 4.79 Å². The average molecular weight is 319 g/mol. The lowest BCUT2D eigenvalue weighted by molar-refractivity contribution is -0.136. The highest BCUT2D eigenvalue weighted by atomic mass is 35.5. The predicted molar refractivity (Wildman–Crippen MR) is 83.0 cm³/mol. The molecular weight excluding hydrogens is 299 g/mol. The summed E-state index contributed by atoms with van der Waals surface area (Å²) in [6.07, 6.45) is 0. The summed E-state index contributed by atoms with van der Waals surface area (Å²) in [7, 11) is 0. The van der Waals surface area contributed by atoms with E-state index in [4.69, 9.17) is 16.3 Å². The zero-order valence-corrected chi connectivity index (χ0v) is 13.3. The van der Waals surface area contributed by atoms with E-state index in [9.17, 15) is 4.79 Å². The van der Waals surface area contributed by atoms with Crippen LogP contribution in [0.5, 0.6) is 5.75 Å². The molecule has 1 atom stereocenters. The number of rotatable bonds is 3. The number of benzene rings is 1. The first kappa shape index (κ1) is 17.1. The second-order valence-corrected chi connectivity index (χ2v) is 5.25. The third-order valence-electron chi connectivity index (χ3n) is 3.31. The number of nitrogens with zero attached hydrogens (tertiary/aromatic N) is 1. The van der Waals surface area contributed by atoms with Crippen molar-refractivity contribution in [3.8, 4) is 5.75 Å². The van der Waals surface area contributed by atoms with Crippen molar-refractivity contribution in [3.05, 3.63) is 28.8 Å². The minimum absolute atomic E-state index is 0. The molecule has 0 aliphatic carbocycles. The summed E-state index contributed by atoms with van der Waals surface area (Å²) in [5.74, 6) is 0.708. The highest BCUT2D eigenvalue weighted by Gasteiger charge is 2.23. The first-order valence-corrected chi connectivity index (χ1v) is 6.85. The lowest BCUT2D eigenvalue weighted by Gasteiger charge is -2.33. The molecule has 1 aliphatic heterocycles. The van der Waals surface area contributed by atoms with Crippen molar-refractivity contribution in [3.63, 3.8) is 0 Å². The molecule has 1 saturated heterocycles. The first-order valence-electron chi connectivity index (χ1n) is 6.47. The number of hydrogen-bond donors (Lipinski definition) is 1. The maximum atomic E-state index is 12.1.